The molecule has 0 unspecified atom stereocenters. The zero-order chi connectivity index (χ0) is 15.2. The highest BCUT2D eigenvalue weighted by Gasteiger charge is 2.15. The normalized spacial score (nSPS) is 11.4. The number of hydrogen-bond acceptors (Lipinski definition) is 4. The molecule has 6 heteroatoms. The molecule has 0 amide bonds. The molecular formula is C16H17ClFNO3. The highest BCUT2D eigenvalue weighted by molar-refractivity contribution is 5.85. The van der Waals surface area contributed by atoms with Gasteiger partial charge < -0.3 is 15.6 Å². The summed E-state index contributed by atoms with van der Waals surface area (Å²) >= 11 is 0. The molecule has 3 N–H and O–H groups in total. The number of phenols is 1. The van der Waals surface area contributed by atoms with Crippen LogP contribution in [0.4, 0.5) is 4.39 Å². The smallest absolute Gasteiger partial charge is 0.323 e. The lowest BCUT2D eigenvalue weighted by Crippen LogP contribution is -2.34. The second-order valence-electron chi connectivity index (χ2n) is 4.71. The molecule has 1 atom stereocenters. The van der Waals surface area contributed by atoms with Crippen LogP contribution in [0.15, 0.2) is 48.5 Å². The highest BCUT2D eigenvalue weighted by Crippen LogP contribution is 2.11. The van der Waals surface area contributed by atoms with Crippen molar-refractivity contribution in [2.75, 3.05) is 0 Å². The van der Waals surface area contributed by atoms with Crippen LogP contribution in [0.25, 0.3) is 0 Å². The van der Waals surface area contributed by atoms with Gasteiger partial charge in [0, 0.05) is 0 Å². The van der Waals surface area contributed by atoms with Gasteiger partial charge in [0.05, 0.1) is 0 Å². The molecule has 0 aliphatic carbocycles. The van der Waals surface area contributed by atoms with E-state index >= 15 is 0 Å². The first-order chi connectivity index (χ1) is 10.0. The third-order valence-electron chi connectivity index (χ3n) is 2.99. The van der Waals surface area contributed by atoms with Crippen LogP contribution in [0.2, 0.25) is 0 Å². The van der Waals surface area contributed by atoms with E-state index in [2.05, 4.69) is 0 Å². The molecule has 2 rings (SSSR count). The molecule has 0 saturated heterocycles. The van der Waals surface area contributed by atoms with E-state index in [0.29, 0.717) is 12.0 Å². The van der Waals surface area contributed by atoms with E-state index in [0.717, 1.165) is 5.56 Å². The molecule has 0 aromatic heterocycles. The summed E-state index contributed by atoms with van der Waals surface area (Å²) in [6.45, 7) is 0.0579. The maximum atomic E-state index is 12.7. The Morgan fingerprint density at radius 1 is 1.09 bits per heavy atom. The fourth-order valence-electron chi connectivity index (χ4n) is 1.81. The van der Waals surface area contributed by atoms with Crippen LogP contribution in [0.3, 0.4) is 0 Å². The molecule has 0 bridgehead atoms. The van der Waals surface area contributed by atoms with Gasteiger partial charge in [-0.2, -0.15) is 0 Å². The largest absolute Gasteiger partial charge is 0.508 e. The third kappa shape index (κ3) is 5.35. The summed E-state index contributed by atoms with van der Waals surface area (Å²) in [7, 11) is 0. The summed E-state index contributed by atoms with van der Waals surface area (Å²) in [4.78, 5) is 11.8. The van der Waals surface area contributed by atoms with Crippen LogP contribution in [-0.2, 0) is 22.6 Å². The summed E-state index contributed by atoms with van der Waals surface area (Å²) in [6, 6.07) is 11.4. The first-order valence-electron chi connectivity index (χ1n) is 6.49. The van der Waals surface area contributed by atoms with Gasteiger partial charge in [0.15, 0.2) is 0 Å². The lowest BCUT2D eigenvalue weighted by atomic mass is 10.1. The second kappa shape index (κ2) is 8.36. The Morgan fingerprint density at radius 2 is 1.64 bits per heavy atom. The van der Waals surface area contributed by atoms with E-state index < -0.39 is 12.0 Å². The van der Waals surface area contributed by atoms with Gasteiger partial charge in [0.1, 0.15) is 24.2 Å². The predicted molar refractivity (Wildman–Crippen MR) is 83.2 cm³/mol. The van der Waals surface area contributed by atoms with Crippen LogP contribution in [-0.4, -0.2) is 17.1 Å². The van der Waals surface area contributed by atoms with E-state index in [9.17, 15) is 14.3 Å². The maximum Gasteiger partial charge on any atom is 0.323 e. The van der Waals surface area contributed by atoms with Crippen molar-refractivity contribution >= 4 is 18.4 Å². The van der Waals surface area contributed by atoms with E-state index in [-0.39, 0.29) is 30.6 Å². The monoisotopic (exact) mass is 325 g/mol. The molecule has 0 fully saturated rings. The minimum atomic E-state index is -0.782. The van der Waals surface area contributed by atoms with Crippen molar-refractivity contribution < 1.29 is 19.0 Å². The molecule has 2 aromatic carbocycles. The van der Waals surface area contributed by atoms with Gasteiger partial charge >= 0.3 is 5.97 Å². The minimum absolute atomic E-state index is 0. The molecular weight excluding hydrogens is 309 g/mol. The Morgan fingerprint density at radius 3 is 2.23 bits per heavy atom. The molecule has 0 aliphatic rings. The fraction of sp³-hybridized carbons (Fsp3) is 0.188. The Labute approximate surface area is 134 Å². The summed E-state index contributed by atoms with van der Waals surface area (Å²) in [5, 5.41) is 9.18. The molecule has 0 saturated carbocycles. The molecule has 0 spiro atoms. The molecule has 4 nitrogen and oxygen atoms in total. The number of hydrogen-bond donors (Lipinski definition) is 2. The summed E-state index contributed by atoms with van der Waals surface area (Å²) < 4.78 is 17.8. The molecule has 118 valence electrons. The van der Waals surface area contributed by atoms with Gasteiger partial charge in [-0.1, -0.05) is 24.3 Å². The lowest BCUT2D eigenvalue weighted by molar-refractivity contribution is -0.146. The third-order valence-corrected chi connectivity index (χ3v) is 2.99. The van der Waals surface area contributed by atoms with Gasteiger partial charge in [-0.3, -0.25) is 4.79 Å². The number of esters is 1. The second-order valence-corrected chi connectivity index (χ2v) is 4.71. The van der Waals surface area contributed by atoms with Gasteiger partial charge in [-0.15, -0.1) is 12.4 Å². The Kier molecular flexibility index (Phi) is 6.82. The minimum Gasteiger partial charge on any atom is -0.508 e. The van der Waals surface area contributed by atoms with Crippen molar-refractivity contribution in [2.24, 2.45) is 5.73 Å². The number of carbonyl (C=O) groups excluding carboxylic acids is 1. The Balaban J connectivity index is 0.00000242. The zero-order valence-electron chi connectivity index (χ0n) is 11.7. The average molecular weight is 326 g/mol. The molecule has 22 heavy (non-hydrogen) atoms. The summed E-state index contributed by atoms with van der Waals surface area (Å²) in [5.41, 5.74) is 7.31. The van der Waals surface area contributed by atoms with Gasteiger partial charge in [-0.05, 0) is 41.8 Å². The van der Waals surface area contributed by atoms with Crippen LogP contribution >= 0.6 is 12.4 Å². The first-order valence-corrected chi connectivity index (χ1v) is 6.49. The number of carbonyl (C=O) groups is 1. The quantitative estimate of drug-likeness (QED) is 0.829. The van der Waals surface area contributed by atoms with Gasteiger partial charge in [0.2, 0.25) is 0 Å². The predicted octanol–water partition coefficient (Wildman–Crippen LogP) is 2.57. The van der Waals surface area contributed by atoms with Crippen LogP contribution in [0, 0.1) is 5.82 Å². The van der Waals surface area contributed by atoms with E-state index in [4.69, 9.17) is 10.5 Å². The summed E-state index contributed by atoms with van der Waals surface area (Å²) in [6.07, 6.45) is 0.322. The number of phenolic OH excluding ortho intramolecular Hbond substituents is 1. The number of ether oxygens (including phenoxy) is 1. The van der Waals surface area contributed by atoms with Crippen molar-refractivity contribution in [3.63, 3.8) is 0 Å². The number of nitrogens with two attached hydrogens (primary N) is 1. The van der Waals surface area contributed by atoms with Crippen LogP contribution in [0.1, 0.15) is 11.1 Å². The Hall–Kier alpha value is -2.11. The lowest BCUT2D eigenvalue weighted by Gasteiger charge is -2.11. The molecule has 0 heterocycles. The molecule has 2 aromatic rings. The number of halogens is 2. The first kappa shape index (κ1) is 17.9. The summed E-state index contributed by atoms with van der Waals surface area (Å²) in [5.74, 6) is -0.701. The van der Waals surface area contributed by atoms with E-state index in [1.165, 1.54) is 24.3 Å². The van der Waals surface area contributed by atoms with Crippen molar-refractivity contribution in [1.29, 1.82) is 0 Å². The van der Waals surface area contributed by atoms with Gasteiger partial charge in [0.25, 0.3) is 0 Å². The Bertz CT molecular complexity index is 602. The molecule has 0 radical (unpaired) electrons. The number of benzene rings is 2. The van der Waals surface area contributed by atoms with E-state index in [1.54, 1.807) is 24.3 Å². The van der Waals surface area contributed by atoms with Crippen molar-refractivity contribution in [3.8, 4) is 5.75 Å². The molecule has 0 aliphatic heterocycles. The average Bonchev–Trinajstić information content (AvgIpc) is 2.48. The van der Waals surface area contributed by atoms with Crippen LogP contribution < -0.4 is 5.73 Å². The van der Waals surface area contributed by atoms with Crippen molar-refractivity contribution in [1.82, 2.24) is 0 Å². The maximum absolute atomic E-state index is 12.7. The van der Waals surface area contributed by atoms with Crippen molar-refractivity contribution in [2.45, 2.75) is 19.1 Å². The van der Waals surface area contributed by atoms with Crippen molar-refractivity contribution in [3.05, 3.63) is 65.5 Å². The highest BCUT2D eigenvalue weighted by atomic mass is 35.5. The standard InChI is InChI=1S/C16H16FNO3.ClH/c17-13-5-1-12(2-6-13)10-21-16(20)15(18)9-11-3-7-14(19)8-4-11;/h1-8,15,19H,9-10,18H2;1H/t15-;/m0./s1. The number of rotatable bonds is 5. The van der Waals surface area contributed by atoms with Gasteiger partial charge in [-0.25, -0.2) is 4.39 Å². The zero-order valence-corrected chi connectivity index (χ0v) is 12.6. The van der Waals surface area contributed by atoms with Crippen LogP contribution in [0.5, 0.6) is 5.75 Å². The number of aromatic hydroxyl groups is 1. The van der Waals surface area contributed by atoms with E-state index in [1.807, 2.05) is 0 Å². The topological polar surface area (TPSA) is 72.5 Å². The SMILES string of the molecule is Cl.N[C@@H](Cc1ccc(O)cc1)C(=O)OCc1ccc(F)cc1. The fourth-order valence-corrected chi connectivity index (χ4v) is 1.81.